The number of carbonyl (C=O) groups excluding carboxylic acids is 1. The first-order valence-electron chi connectivity index (χ1n) is 6.27. The molecule has 2 rings (SSSR count). The van der Waals surface area contributed by atoms with Crippen LogP contribution in [0.1, 0.15) is 46.0 Å². The van der Waals surface area contributed by atoms with Gasteiger partial charge in [-0.1, -0.05) is 20.3 Å². The maximum atomic E-state index is 11.6. The van der Waals surface area contributed by atoms with Crippen LogP contribution in [0, 0.1) is 11.8 Å². The lowest BCUT2D eigenvalue weighted by Crippen LogP contribution is -2.44. The maximum absolute atomic E-state index is 11.6. The Kier molecular flexibility index (Phi) is 3.17. The summed E-state index contributed by atoms with van der Waals surface area (Å²) in [4.78, 5) is 11.6. The van der Waals surface area contributed by atoms with Gasteiger partial charge in [0, 0.05) is 12.1 Å². The first-order valence-corrected chi connectivity index (χ1v) is 6.27. The number of rotatable bonds is 3. The van der Waals surface area contributed by atoms with Crippen molar-refractivity contribution in [1.29, 1.82) is 0 Å². The molecule has 0 heterocycles. The smallest absolute Gasteiger partial charge is 0.315 e. The number of hydrogen-bond donors (Lipinski definition) is 2. The van der Waals surface area contributed by atoms with Gasteiger partial charge >= 0.3 is 6.03 Å². The van der Waals surface area contributed by atoms with Crippen LogP contribution >= 0.6 is 0 Å². The van der Waals surface area contributed by atoms with Crippen molar-refractivity contribution < 1.29 is 4.79 Å². The predicted molar refractivity (Wildman–Crippen MR) is 60.7 cm³/mol. The molecule has 0 aliphatic heterocycles. The Balaban J connectivity index is 1.76. The Morgan fingerprint density at radius 2 is 1.93 bits per heavy atom. The highest BCUT2D eigenvalue weighted by Crippen LogP contribution is 2.33. The van der Waals surface area contributed by atoms with Crippen molar-refractivity contribution in [1.82, 2.24) is 10.6 Å². The molecule has 0 bridgehead atoms. The molecule has 0 aromatic rings. The summed E-state index contributed by atoms with van der Waals surface area (Å²) >= 11 is 0. The van der Waals surface area contributed by atoms with Crippen molar-refractivity contribution in [3.8, 4) is 0 Å². The fraction of sp³-hybridized carbons (Fsp3) is 0.917. The third kappa shape index (κ3) is 2.64. The second-order valence-corrected chi connectivity index (χ2v) is 5.10. The minimum atomic E-state index is 0.0473. The molecule has 0 aromatic carbocycles. The molecule has 3 unspecified atom stereocenters. The van der Waals surface area contributed by atoms with Crippen LogP contribution in [-0.4, -0.2) is 18.1 Å². The van der Waals surface area contributed by atoms with Gasteiger partial charge in [0.15, 0.2) is 0 Å². The zero-order valence-electron chi connectivity index (χ0n) is 9.75. The largest absolute Gasteiger partial charge is 0.335 e. The van der Waals surface area contributed by atoms with E-state index >= 15 is 0 Å². The molecular weight excluding hydrogens is 188 g/mol. The Morgan fingerprint density at radius 3 is 2.47 bits per heavy atom. The molecule has 2 fully saturated rings. The summed E-state index contributed by atoms with van der Waals surface area (Å²) in [5.74, 6) is 1.44. The zero-order chi connectivity index (χ0) is 10.8. The van der Waals surface area contributed by atoms with Gasteiger partial charge in [-0.15, -0.1) is 0 Å². The summed E-state index contributed by atoms with van der Waals surface area (Å²) in [5, 5.41) is 6.10. The molecule has 2 saturated carbocycles. The van der Waals surface area contributed by atoms with Crippen LogP contribution in [0.15, 0.2) is 0 Å². The van der Waals surface area contributed by atoms with Crippen molar-refractivity contribution >= 4 is 6.03 Å². The van der Waals surface area contributed by atoms with Crippen LogP contribution in [0.25, 0.3) is 0 Å². The van der Waals surface area contributed by atoms with E-state index < -0.39 is 0 Å². The molecule has 86 valence electrons. The highest BCUT2D eigenvalue weighted by molar-refractivity contribution is 5.75. The summed E-state index contributed by atoms with van der Waals surface area (Å²) in [7, 11) is 0. The Morgan fingerprint density at radius 1 is 1.20 bits per heavy atom. The minimum absolute atomic E-state index is 0.0473. The first-order chi connectivity index (χ1) is 7.20. The average Bonchev–Trinajstić information content (AvgIpc) is 2.94. The van der Waals surface area contributed by atoms with Gasteiger partial charge in [0.1, 0.15) is 0 Å². The van der Waals surface area contributed by atoms with Crippen LogP contribution in [0.3, 0.4) is 0 Å². The number of hydrogen-bond acceptors (Lipinski definition) is 1. The lowest BCUT2D eigenvalue weighted by atomic mass is 9.94. The average molecular weight is 210 g/mol. The summed E-state index contributed by atoms with van der Waals surface area (Å²) in [5.41, 5.74) is 0. The van der Waals surface area contributed by atoms with Crippen LogP contribution in [0.5, 0.6) is 0 Å². The highest BCUT2D eigenvalue weighted by atomic mass is 16.2. The molecule has 3 atom stereocenters. The second-order valence-electron chi connectivity index (χ2n) is 5.10. The van der Waals surface area contributed by atoms with Gasteiger partial charge in [-0.05, 0) is 37.5 Å². The third-order valence-corrected chi connectivity index (χ3v) is 3.98. The standard InChI is InChI=1S/C12H22N2O/c1-3-9-4-7-11(8(9)2)14-12(15)13-10-5-6-10/h8-11H,3-7H2,1-2H3,(H2,13,14,15). The molecular formula is C12H22N2O. The van der Waals surface area contributed by atoms with Crippen LogP contribution in [-0.2, 0) is 0 Å². The van der Waals surface area contributed by atoms with Crippen molar-refractivity contribution in [2.75, 3.05) is 0 Å². The van der Waals surface area contributed by atoms with Gasteiger partial charge < -0.3 is 10.6 Å². The fourth-order valence-corrected chi connectivity index (χ4v) is 2.65. The normalized spacial score (nSPS) is 35.2. The number of carbonyl (C=O) groups is 1. The van der Waals surface area contributed by atoms with E-state index in [-0.39, 0.29) is 6.03 Å². The van der Waals surface area contributed by atoms with Gasteiger partial charge in [-0.3, -0.25) is 0 Å². The lowest BCUT2D eigenvalue weighted by molar-refractivity contribution is 0.231. The molecule has 15 heavy (non-hydrogen) atoms. The van der Waals surface area contributed by atoms with Crippen molar-refractivity contribution in [3.05, 3.63) is 0 Å². The molecule has 2 aliphatic carbocycles. The SMILES string of the molecule is CCC1CCC(NC(=O)NC2CC2)C1C. The molecule has 0 saturated heterocycles. The van der Waals surface area contributed by atoms with E-state index in [0.29, 0.717) is 18.0 Å². The molecule has 2 N–H and O–H groups in total. The second kappa shape index (κ2) is 4.42. The zero-order valence-corrected chi connectivity index (χ0v) is 9.75. The van der Waals surface area contributed by atoms with Gasteiger partial charge in [0.2, 0.25) is 0 Å². The van der Waals surface area contributed by atoms with Gasteiger partial charge in [-0.2, -0.15) is 0 Å². The lowest BCUT2D eigenvalue weighted by Gasteiger charge is -2.21. The first kappa shape index (κ1) is 10.8. The Bertz CT molecular complexity index is 238. The molecule has 3 heteroatoms. The van der Waals surface area contributed by atoms with Crippen molar-refractivity contribution in [2.45, 2.75) is 58.0 Å². The molecule has 0 spiro atoms. The van der Waals surface area contributed by atoms with Crippen LogP contribution in [0.4, 0.5) is 4.79 Å². The minimum Gasteiger partial charge on any atom is -0.335 e. The molecule has 0 radical (unpaired) electrons. The monoisotopic (exact) mass is 210 g/mol. The van der Waals surface area contributed by atoms with Gasteiger partial charge in [0.25, 0.3) is 0 Å². The van der Waals surface area contributed by atoms with E-state index in [1.54, 1.807) is 0 Å². The van der Waals surface area contributed by atoms with Crippen molar-refractivity contribution in [2.24, 2.45) is 11.8 Å². The van der Waals surface area contributed by atoms with Crippen LogP contribution < -0.4 is 10.6 Å². The van der Waals surface area contributed by atoms with Gasteiger partial charge in [-0.25, -0.2) is 4.79 Å². The fourth-order valence-electron chi connectivity index (χ4n) is 2.65. The highest BCUT2D eigenvalue weighted by Gasteiger charge is 2.33. The quantitative estimate of drug-likeness (QED) is 0.737. The summed E-state index contributed by atoms with van der Waals surface area (Å²) < 4.78 is 0. The number of amides is 2. The Hall–Kier alpha value is -0.730. The molecule has 3 nitrogen and oxygen atoms in total. The molecule has 2 amide bonds. The van der Waals surface area contributed by atoms with E-state index in [1.165, 1.54) is 12.8 Å². The van der Waals surface area contributed by atoms with E-state index in [2.05, 4.69) is 24.5 Å². The van der Waals surface area contributed by atoms with Gasteiger partial charge in [0.05, 0.1) is 0 Å². The van der Waals surface area contributed by atoms with E-state index in [1.807, 2.05) is 0 Å². The third-order valence-electron chi connectivity index (χ3n) is 3.98. The summed E-state index contributed by atoms with van der Waals surface area (Å²) in [6, 6.07) is 0.906. The summed E-state index contributed by atoms with van der Waals surface area (Å²) in [6.07, 6.45) is 5.98. The van der Waals surface area contributed by atoms with E-state index in [0.717, 1.165) is 25.2 Å². The van der Waals surface area contributed by atoms with E-state index in [4.69, 9.17) is 0 Å². The van der Waals surface area contributed by atoms with E-state index in [9.17, 15) is 4.79 Å². The molecule has 0 aromatic heterocycles. The topological polar surface area (TPSA) is 41.1 Å². The number of nitrogens with one attached hydrogen (secondary N) is 2. The molecule has 2 aliphatic rings. The predicted octanol–water partition coefficient (Wildman–Crippen LogP) is 2.27. The van der Waals surface area contributed by atoms with Crippen LogP contribution in [0.2, 0.25) is 0 Å². The van der Waals surface area contributed by atoms with Crippen molar-refractivity contribution in [3.63, 3.8) is 0 Å². The Labute approximate surface area is 92.0 Å². The maximum Gasteiger partial charge on any atom is 0.315 e. The summed E-state index contributed by atoms with van der Waals surface area (Å²) in [6.45, 7) is 4.51. The number of urea groups is 1.